The van der Waals surface area contributed by atoms with E-state index in [1.807, 2.05) is 43.3 Å². The van der Waals surface area contributed by atoms with E-state index in [1.165, 1.54) is 0 Å². The first kappa shape index (κ1) is 22.6. The number of aryl methyl sites for hydroxylation is 1. The molecule has 172 valence electrons. The molecule has 3 heterocycles. The molecular formula is C25H23N5O2S2. The summed E-state index contributed by atoms with van der Waals surface area (Å²) < 4.78 is 12.4. The molecule has 0 radical (unpaired) electrons. The minimum absolute atomic E-state index is 0.0922. The third-order valence-corrected chi connectivity index (χ3v) is 8.26. The zero-order chi connectivity index (χ0) is 23.7. The van der Waals surface area contributed by atoms with Crippen LogP contribution < -0.4 is 9.47 Å². The minimum atomic E-state index is -0.766. The number of H-pyrrole nitrogens is 1. The van der Waals surface area contributed by atoms with Gasteiger partial charge in [-0.3, -0.25) is 15.5 Å². The highest BCUT2D eigenvalue weighted by Crippen LogP contribution is 2.46. The third-order valence-electron chi connectivity index (χ3n) is 5.95. The number of fused-ring (bicyclic) bond motifs is 1. The standard InChI is InChI=1S/C25H23N5O2S2/c1-14-3-5-15(6-4-14)22-21-20(18(12-26)23(27)32-24(21)30-29-22)16-7-8-19(31-2)17(11-16)13-34-25-28-9-10-33-25/h3-8,11,18,20,27H,9-10,13H2,1-2H3,(H,29,30). The molecule has 3 aromatic rings. The number of hydrogen-bond donors (Lipinski definition) is 2. The first-order valence-corrected chi connectivity index (χ1v) is 12.8. The van der Waals surface area contributed by atoms with E-state index >= 15 is 0 Å². The SMILES string of the molecule is COc1ccc(C2c3c(n[nH]c3-c3ccc(C)cc3)OC(=N)C2C#N)cc1CSC1=NCCS1. The Kier molecular flexibility index (Phi) is 6.35. The molecule has 2 N–H and O–H groups in total. The zero-order valence-corrected chi connectivity index (χ0v) is 20.4. The molecule has 0 saturated carbocycles. The van der Waals surface area contributed by atoms with Gasteiger partial charge in [0.2, 0.25) is 11.8 Å². The van der Waals surface area contributed by atoms with Gasteiger partial charge in [0.05, 0.1) is 31.0 Å². The van der Waals surface area contributed by atoms with Crippen LogP contribution in [0.2, 0.25) is 0 Å². The van der Waals surface area contributed by atoms with Gasteiger partial charge >= 0.3 is 0 Å². The molecule has 0 bridgehead atoms. The molecule has 9 heteroatoms. The van der Waals surface area contributed by atoms with Gasteiger partial charge in [-0.25, -0.2) is 0 Å². The number of aromatic amines is 1. The molecule has 0 aliphatic carbocycles. The Morgan fingerprint density at radius 3 is 2.82 bits per heavy atom. The first-order valence-electron chi connectivity index (χ1n) is 10.9. The topological polar surface area (TPSA) is 107 Å². The van der Waals surface area contributed by atoms with Crippen LogP contribution in [-0.4, -0.2) is 39.9 Å². The average Bonchev–Trinajstić information content (AvgIpc) is 3.52. The Morgan fingerprint density at radius 1 is 1.29 bits per heavy atom. The Balaban J connectivity index is 1.59. The molecule has 7 nitrogen and oxygen atoms in total. The molecule has 2 aliphatic heterocycles. The maximum Gasteiger partial charge on any atom is 0.244 e. The fourth-order valence-electron chi connectivity index (χ4n) is 4.27. The summed E-state index contributed by atoms with van der Waals surface area (Å²) in [5.41, 5.74) is 5.66. The monoisotopic (exact) mass is 489 g/mol. The van der Waals surface area contributed by atoms with E-state index in [9.17, 15) is 5.26 Å². The summed E-state index contributed by atoms with van der Waals surface area (Å²) in [5.74, 6) is 1.62. The second kappa shape index (κ2) is 9.57. The Bertz CT molecular complexity index is 1310. The van der Waals surface area contributed by atoms with Crippen molar-refractivity contribution >= 4 is 33.8 Å². The van der Waals surface area contributed by atoms with Crippen LogP contribution in [0.3, 0.4) is 0 Å². The van der Waals surface area contributed by atoms with Gasteiger partial charge in [-0.05, 0) is 24.1 Å². The van der Waals surface area contributed by atoms with Crippen LogP contribution in [0.1, 0.15) is 28.2 Å². The van der Waals surface area contributed by atoms with Crippen LogP contribution >= 0.6 is 23.5 Å². The quantitative estimate of drug-likeness (QED) is 0.499. The van der Waals surface area contributed by atoms with E-state index in [0.29, 0.717) is 11.6 Å². The van der Waals surface area contributed by atoms with Crippen LogP contribution in [0, 0.1) is 29.6 Å². The van der Waals surface area contributed by atoms with E-state index in [4.69, 9.17) is 14.9 Å². The molecular weight excluding hydrogens is 466 g/mol. The summed E-state index contributed by atoms with van der Waals surface area (Å²) >= 11 is 3.48. The molecule has 5 rings (SSSR count). The molecule has 0 spiro atoms. The molecule has 0 fully saturated rings. The number of aliphatic imine (C=N–C) groups is 1. The Hall–Kier alpha value is -3.22. The lowest BCUT2D eigenvalue weighted by Crippen LogP contribution is -2.31. The normalized spacial score (nSPS) is 19.2. The van der Waals surface area contributed by atoms with E-state index in [2.05, 4.69) is 27.3 Å². The molecule has 2 aliphatic rings. The molecule has 2 aromatic carbocycles. The lowest BCUT2D eigenvalue weighted by atomic mass is 9.78. The van der Waals surface area contributed by atoms with Gasteiger partial charge in [-0.2, -0.15) is 5.26 Å². The van der Waals surface area contributed by atoms with Crippen molar-refractivity contribution in [3.63, 3.8) is 0 Å². The zero-order valence-electron chi connectivity index (χ0n) is 18.8. The first-order chi connectivity index (χ1) is 16.6. The number of thioether (sulfide) groups is 2. The predicted molar refractivity (Wildman–Crippen MR) is 137 cm³/mol. The third kappa shape index (κ3) is 4.19. The van der Waals surface area contributed by atoms with Crippen LogP contribution in [0.15, 0.2) is 47.5 Å². The van der Waals surface area contributed by atoms with Crippen molar-refractivity contribution in [3.8, 4) is 29.0 Å². The Labute approximate surface area is 206 Å². The summed E-state index contributed by atoms with van der Waals surface area (Å²) in [6.45, 7) is 2.90. The highest BCUT2D eigenvalue weighted by molar-refractivity contribution is 8.38. The number of benzene rings is 2. The van der Waals surface area contributed by atoms with Crippen molar-refractivity contribution in [2.24, 2.45) is 10.9 Å². The average molecular weight is 490 g/mol. The molecule has 0 amide bonds. The smallest absolute Gasteiger partial charge is 0.244 e. The number of nitriles is 1. The van der Waals surface area contributed by atoms with Gasteiger partial charge < -0.3 is 9.47 Å². The van der Waals surface area contributed by atoms with Crippen LogP contribution in [-0.2, 0) is 5.75 Å². The van der Waals surface area contributed by atoms with Crippen molar-refractivity contribution in [1.29, 1.82) is 10.7 Å². The number of nitrogens with one attached hydrogen (secondary N) is 2. The number of nitrogens with zero attached hydrogens (tertiary/aromatic N) is 3. The number of hydrogen-bond acceptors (Lipinski definition) is 8. The van der Waals surface area contributed by atoms with Crippen molar-refractivity contribution < 1.29 is 9.47 Å². The summed E-state index contributed by atoms with van der Waals surface area (Å²) in [6.07, 6.45) is 0. The van der Waals surface area contributed by atoms with E-state index in [0.717, 1.165) is 55.9 Å². The molecule has 0 saturated heterocycles. The molecule has 2 atom stereocenters. The fourth-order valence-corrected chi connectivity index (χ4v) is 6.25. The predicted octanol–water partition coefficient (Wildman–Crippen LogP) is 5.37. The van der Waals surface area contributed by atoms with Crippen molar-refractivity contribution in [3.05, 3.63) is 64.7 Å². The van der Waals surface area contributed by atoms with Gasteiger partial charge in [0.15, 0.2) is 0 Å². The second-order valence-corrected chi connectivity index (χ2v) is 10.4. The molecule has 34 heavy (non-hydrogen) atoms. The van der Waals surface area contributed by atoms with Crippen molar-refractivity contribution in [1.82, 2.24) is 10.2 Å². The summed E-state index contributed by atoms with van der Waals surface area (Å²) in [4.78, 5) is 4.53. The number of rotatable bonds is 5. The molecule has 1 aromatic heterocycles. The van der Waals surface area contributed by atoms with Gasteiger partial charge in [-0.1, -0.05) is 65.5 Å². The van der Waals surface area contributed by atoms with Crippen LogP contribution in [0.25, 0.3) is 11.3 Å². The van der Waals surface area contributed by atoms with Crippen LogP contribution in [0.5, 0.6) is 11.6 Å². The largest absolute Gasteiger partial charge is 0.496 e. The van der Waals surface area contributed by atoms with E-state index < -0.39 is 11.8 Å². The van der Waals surface area contributed by atoms with E-state index in [1.54, 1.807) is 30.6 Å². The van der Waals surface area contributed by atoms with Crippen molar-refractivity contribution in [2.45, 2.75) is 18.6 Å². The minimum Gasteiger partial charge on any atom is -0.496 e. The van der Waals surface area contributed by atoms with Gasteiger partial charge in [-0.15, -0.1) is 5.10 Å². The van der Waals surface area contributed by atoms with E-state index in [-0.39, 0.29) is 5.90 Å². The summed E-state index contributed by atoms with van der Waals surface area (Å²) in [6, 6.07) is 16.4. The fraction of sp³-hybridized carbons (Fsp3) is 0.280. The van der Waals surface area contributed by atoms with Gasteiger partial charge in [0.1, 0.15) is 16.0 Å². The second-order valence-electron chi connectivity index (χ2n) is 8.09. The highest BCUT2D eigenvalue weighted by atomic mass is 32.2. The molecule has 2 unspecified atom stereocenters. The highest BCUT2D eigenvalue weighted by Gasteiger charge is 2.41. The lowest BCUT2D eigenvalue weighted by molar-refractivity contribution is 0.410. The van der Waals surface area contributed by atoms with Gasteiger partial charge in [0.25, 0.3) is 0 Å². The maximum atomic E-state index is 10.0. The number of ether oxygens (including phenoxy) is 2. The summed E-state index contributed by atoms with van der Waals surface area (Å²) in [5, 5.41) is 25.8. The van der Waals surface area contributed by atoms with Gasteiger partial charge in [0, 0.05) is 23.0 Å². The number of methoxy groups -OCH3 is 1. The number of aromatic nitrogens is 2. The lowest BCUT2D eigenvalue weighted by Gasteiger charge is -2.28. The maximum absolute atomic E-state index is 10.0. The summed E-state index contributed by atoms with van der Waals surface area (Å²) in [7, 11) is 1.66. The Morgan fingerprint density at radius 2 is 2.12 bits per heavy atom. The van der Waals surface area contributed by atoms with Crippen LogP contribution in [0.4, 0.5) is 0 Å². The van der Waals surface area contributed by atoms with Crippen molar-refractivity contribution in [2.75, 3.05) is 19.4 Å².